The van der Waals surface area contributed by atoms with Gasteiger partial charge in [-0.15, -0.1) is 0 Å². The number of ether oxygens (including phenoxy) is 1. The predicted octanol–water partition coefficient (Wildman–Crippen LogP) is 3.02. The third kappa shape index (κ3) is 3.38. The quantitative estimate of drug-likeness (QED) is 0.875. The van der Waals surface area contributed by atoms with E-state index < -0.39 is 0 Å². The van der Waals surface area contributed by atoms with Crippen LogP contribution < -0.4 is 15.8 Å². The van der Waals surface area contributed by atoms with Gasteiger partial charge in [-0.25, -0.2) is 4.98 Å². The largest absolute Gasteiger partial charge is 0.473 e. The van der Waals surface area contributed by atoms with Gasteiger partial charge >= 0.3 is 0 Å². The number of anilines is 2. The lowest BCUT2D eigenvalue weighted by Crippen LogP contribution is -2.13. The fourth-order valence-electron chi connectivity index (χ4n) is 1.84. The van der Waals surface area contributed by atoms with Crippen molar-refractivity contribution in [3.8, 4) is 5.88 Å². The molecule has 1 unspecified atom stereocenters. The lowest BCUT2D eigenvalue weighted by molar-refractivity contribution is 0.234. The van der Waals surface area contributed by atoms with E-state index in [1.807, 2.05) is 32.0 Å². The second kappa shape index (κ2) is 6.23. The molecule has 2 rings (SSSR count). The number of nitrogen functional groups attached to an aromatic ring is 1. The second-order valence-electron chi connectivity index (χ2n) is 4.88. The number of benzene rings is 1. The highest BCUT2D eigenvalue weighted by Gasteiger charge is 2.13. The van der Waals surface area contributed by atoms with Gasteiger partial charge in [-0.3, -0.25) is 0 Å². The summed E-state index contributed by atoms with van der Waals surface area (Å²) in [6.07, 6.45) is 1.47. The zero-order chi connectivity index (χ0) is 14.5. The lowest BCUT2D eigenvalue weighted by Gasteiger charge is -2.18. The van der Waals surface area contributed by atoms with E-state index in [9.17, 15) is 0 Å². The highest BCUT2D eigenvalue weighted by Crippen LogP contribution is 2.28. The number of rotatable bonds is 5. The Kier molecular flexibility index (Phi) is 4.40. The summed E-state index contributed by atoms with van der Waals surface area (Å²) in [5, 5.41) is 3.28. The number of hydrogen-bond donors (Lipinski definition) is 2. The van der Waals surface area contributed by atoms with Gasteiger partial charge in [-0.2, -0.15) is 4.98 Å². The fourth-order valence-corrected chi connectivity index (χ4v) is 1.84. The van der Waals surface area contributed by atoms with Crippen LogP contribution in [0.3, 0.4) is 0 Å². The first kappa shape index (κ1) is 14.1. The standard InChI is InChI=1S/C15H20N4O/c1-10(2)20-15-13(16)14(17-9-18-15)19-11(3)12-7-5-4-6-8-12/h4-11H,16H2,1-3H3,(H,17,18,19). The Hall–Kier alpha value is -2.30. The Morgan fingerprint density at radius 1 is 1.10 bits per heavy atom. The Morgan fingerprint density at radius 3 is 2.45 bits per heavy atom. The van der Waals surface area contributed by atoms with Gasteiger partial charge in [-0.05, 0) is 26.3 Å². The van der Waals surface area contributed by atoms with Gasteiger partial charge < -0.3 is 15.8 Å². The topological polar surface area (TPSA) is 73.1 Å². The van der Waals surface area contributed by atoms with Crippen LogP contribution in [0.5, 0.6) is 5.88 Å². The second-order valence-corrected chi connectivity index (χ2v) is 4.88. The molecule has 0 aliphatic rings. The summed E-state index contributed by atoms with van der Waals surface area (Å²) < 4.78 is 5.56. The van der Waals surface area contributed by atoms with Crippen LogP contribution in [0.15, 0.2) is 36.7 Å². The highest BCUT2D eigenvalue weighted by molar-refractivity contribution is 5.66. The third-order valence-corrected chi connectivity index (χ3v) is 2.85. The minimum Gasteiger partial charge on any atom is -0.473 e. The Morgan fingerprint density at radius 2 is 1.80 bits per heavy atom. The summed E-state index contributed by atoms with van der Waals surface area (Å²) in [7, 11) is 0. The van der Waals surface area contributed by atoms with E-state index in [0.29, 0.717) is 17.4 Å². The van der Waals surface area contributed by atoms with E-state index in [1.165, 1.54) is 6.33 Å². The molecule has 0 fully saturated rings. The SMILES string of the molecule is CC(C)Oc1ncnc(NC(C)c2ccccc2)c1N. The zero-order valence-electron chi connectivity index (χ0n) is 12.0. The first-order valence-electron chi connectivity index (χ1n) is 6.66. The van der Waals surface area contributed by atoms with E-state index in [0.717, 1.165) is 5.56 Å². The maximum absolute atomic E-state index is 6.05. The maximum Gasteiger partial charge on any atom is 0.242 e. The van der Waals surface area contributed by atoms with Gasteiger partial charge in [0.1, 0.15) is 12.0 Å². The van der Waals surface area contributed by atoms with Gasteiger partial charge in [0.25, 0.3) is 0 Å². The van der Waals surface area contributed by atoms with Crippen molar-refractivity contribution in [3.05, 3.63) is 42.2 Å². The minimum atomic E-state index is 0.0200. The summed E-state index contributed by atoms with van der Waals surface area (Å²) in [6, 6.07) is 10.2. The van der Waals surface area contributed by atoms with Crippen molar-refractivity contribution < 1.29 is 4.74 Å². The molecule has 0 bridgehead atoms. The first-order chi connectivity index (χ1) is 9.58. The number of aromatic nitrogens is 2. The molecule has 1 aromatic heterocycles. The fraction of sp³-hybridized carbons (Fsp3) is 0.333. The summed E-state index contributed by atoms with van der Waals surface area (Å²) in [5.74, 6) is 1.00. The van der Waals surface area contributed by atoms with Crippen molar-refractivity contribution in [1.29, 1.82) is 0 Å². The molecule has 106 valence electrons. The van der Waals surface area contributed by atoms with Crippen molar-refractivity contribution in [2.45, 2.75) is 32.9 Å². The van der Waals surface area contributed by atoms with Gasteiger partial charge in [0.15, 0.2) is 5.82 Å². The molecule has 5 heteroatoms. The van der Waals surface area contributed by atoms with Gasteiger partial charge in [0.05, 0.1) is 12.1 Å². The molecule has 1 aromatic carbocycles. The third-order valence-electron chi connectivity index (χ3n) is 2.85. The molecule has 1 atom stereocenters. The molecule has 5 nitrogen and oxygen atoms in total. The van der Waals surface area contributed by atoms with Crippen molar-refractivity contribution in [2.24, 2.45) is 0 Å². The molecule has 0 aliphatic heterocycles. The molecule has 0 aliphatic carbocycles. The molecule has 1 heterocycles. The molecule has 20 heavy (non-hydrogen) atoms. The van der Waals surface area contributed by atoms with Crippen molar-refractivity contribution in [2.75, 3.05) is 11.1 Å². The molecule has 0 radical (unpaired) electrons. The predicted molar refractivity (Wildman–Crippen MR) is 80.7 cm³/mol. The van der Waals surface area contributed by atoms with Crippen LogP contribution in [0.25, 0.3) is 0 Å². The van der Waals surface area contributed by atoms with Crippen LogP contribution in [0.4, 0.5) is 11.5 Å². The zero-order valence-corrected chi connectivity index (χ0v) is 12.0. The monoisotopic (exact) mass is 272 g/mol. The van der Waals surface area contributed by atoms with E-state index in [4.69, 9.17) is 10.5 Å². The first-order valence-corrected chi connectivity index (χ1v) is 6.66. The molecule has 0 saturated carbocycles. The Labute approximate surface area is 119 Å². The molecular formula is C15H20N4O. The number of hydrogen-bond acceptors (Lipinski definition) is 5. The van der Waals surface area contributed by atoms with Crippen molar-refractivity contribution >= 4 is 11.5 Å². The molecule has 0 saturated heterocycles. The van der Waals surface area contributed by atoms with E-state index in [1.54, 1.807) is 0 Å². The number of nitrogens with two attached hydrogens (primary N) is 1. The normalized spacial score (nSPS) is 12.2. The van der Waals surface area contributed by atoms with Gasteiger partial charge in [0, 0.05) is 0 Å². The average molecular weight is 272 g/mol. The van der Waals surface area contributed by atoms with Crippen LogP contribution in [0, 0.1) is 0 Å². The lowest BCUT2D eigenvalue weighted by atomic mass is 10.1. The summed E-state index contributed by atoms with van der Waals surface area (Å²) in [5.41, 5.74) is 7.64. The molecular weight excluding hydrogens is 252 g/mol. The van der Waals surface area contributed by atoms with E-state index >= 15 is 0 Å². The molecule has 0 amide bonds. The van der Waals surface area contributed by atoms with Gasteiger partial charge in [0.2, 0.25) is 5.88 Å². The highest BCUT2D eigenvalue weighted by atomic mass is 16.5. The maximum atomic E-state index is 6.05. The number of nitrogens with zero attached hydrogens (tertiary/aromatic N) is 2. The van der Waals surface area contributed by atoms with Crippen molar-refractivity contribution in [3.63, 3.8) is 0 Å². The van der Waals surface area contributed by atoms with Crippen molar-refractivity contribution in [1.82, 2.24) is 9.97 Å². The summed E-state index contributed by atoms with van der Waals surface area (Å²) in [4.78, 5) is 8.25. The van der Waals surface area contributed by atoms with Crippen LogP contribution >= 0.6 is 0 Å². The molecule has 2 aromatic rings. The smallest absolute Gasteiger partial charge is 0.242 e. The van der Waals surface area contributed by atoms with Gasteiger partial charge in [-0.1, -0.05) is 30.3 Å². The molecule has 3 N–H and O–H groups in total. The summed E-state index contributed by atoms with van der Waals surface area (Å²) >= 11 is 0. The van der Waals surface area contributed by atoms with Crippen LogP contribution in [0.2, 0.25) is 0 Å². The van der Waals surface area contributed by atoms with E-state index in [-0.39, 0.29) is 12.1 Å². The van der Waals surface area contributed by atoms with Crippen LogP contribution in [-0.4, -0.2) is 16.1 Å². The average Bonchev–Trinajstić information content (AvgIpc) is 2.43. The van der Waals surface area contributed by atoms with Crippen LogP contribution in [0.1, 0.15) is 32.4 Å². The van der Waals surface area contributed by atoms with E-state index in [2.05, 4.69) is 34.3 Å². The number of nitrogens with one attached hydrogen (secondary N) is 1. The summed E-state index contributed by atoms with van der Waals surface area (Å²) in [6.45, 7) is 5.92. The Bertz CT molecular complexity index is 557. The molecule has 0 spiro atoms. The Balaban J connectivity index is 2.17. The minimum absolute atomic E-state index is 0.0200. The van der Waals surface area contributed by atoms with Crippen LogP contribution in [-0.2, 0) is 0 Å².